The van der Waals surface area contributed by atoms with Crippen LogP contribution in [0.15, 0.2) is 0 Å². The van der Waals surface area contributed by atoms with Crippen molar-refractivity contribution < 1.29 is 90.4 Å². The summed E-state index contributed by atoms with van der Waals surface area (Å²) in [5, 5.41) is 33.3. The molecule has 0 amide bonds. The minimum absolute atomic E-state index is 0. The van der Waals surface area contributed by atoms with E-state index in [0.717, 1.165) is 0 Å². The summed E-state index contributed by atoms with van der Waals surface area (Å²) in [6.07, 6.45) is -4.67. The van der Waals surface area contributed by atoms with E-state index in [9.17, 15) is 0 Å². The number of hydrogen-bond donors (Lipinski definition) is 0. The molecular formula is C2H2Ni3O8. The number of hydrogen-bond acceptors (Lipinski definition) is 8. The van der Waals surface area contributed by atoms with E-state index < -0.39 is 12.3 Å². The Kier molecular flexibility index (Phi) is 163. The molecule has 0 rings (SSSR count). The maximum atomic E-state index is 8.33. The molecule has 0 saturated carbocycles. The Morgan fingerprint density at radius 1 is 0.615 bits per heavy atom. The number of carbonyl (C=O) groups is 2. The molecule has 0 fully saturated rings. The molecule has 0 spiro atoms. The van der Waals surface area contributed by atoms with Crippen LogP contribution in [-0.2, 0) is 49.5 Å². The van der Waals surface area contributed by atoms with Crippen molar-refractivity contribution in [2.24, 2.45) is 0 Å². The van der Waals surface area contributed by atoms with Crippen molar-refractivity contribution >= 4 is 12.3 Å². The molecule has 13 heavy (non-hydrogen) atoms. The summed E-state index contributed by atoms with van der Waals surface area (Å²) in [7, 11) is 0. The van der Waals surface area contributed by atoms with Gasteiger partial charge < -0.3 is 41.0 Å². The first-order chi connectivity index (χ1) is 3.46. The predicted molar refractivity (Wildman–Crippen MR) is 14.7 cm³/mol. The van der Waals surface area contributed by atoms with Gasteiger partial charge in [0.1, 0.15) is 0 Å². The van der Waals surface area contributed by atoms with Crippen LogP contribution >= 0.6 is 0 Å². The van der Waals surface area contributed by atoms with Gasteiger partial charge in [-0.15, -0.1) is 0 Å². The standard InChI is InChI=1S/2CH2O3.3Ni.2H2O/c2*2-1(3)4;;;;;/h2*(H2,2,3,4);;;;2*1H2/q;;3*+2;;/p-6. The van der Waals surface area contributed by atoms with Crippen molar-refractivity contribution in [3.05, 3.63) is 0 Å². The van der Waals surface area contributed by atoms with Crippen molar-refractivity contribution in [3.8, 4) is 0 Å². The second kappa shape index (κ2) is 40.5. The molecule has 0 radical (unpaired) electrons. The largest absolute Gasteiger partial charge is 2.00 e. The van der Waals surface area contributed by atoms with E-state index in [-0.39, 0.29) is 60.4 Å². The van der Waals surface area contributed by atoms with E-state index in [1.54, 1.807) is 0 Å². The maximum Gasteiger partial charge on any atom is 2.00 e. The summed E-state index contributed by atoms with van der Waals surface area (Å²) >= 11 is 0. The quantitative estimate of drug-likeness (QED) is 0.394. The third kappa shape index (κ3) is 333000. The van der Waals surface area contributed by atoms with Crippen LogP contribution in [0.25, 0.3) is 0 Å². The van der Waals surface area contributed by atoms with Crippen LogP contribution in [-0.4, -0.2) is 23.3 Å². The summed E-state index contributed by atoms with van der Waals surface area (Å²) in [5.41, 5.74) is 0. The van der Waals surface area contributed by atoms with Gasteiger partial charge in [-0.2, -0.15) is 0 Å². The minimum atomic E-state index is -2.33. The summed E-state index contributed by atoms with van der Waals surface area (Å²) in [6, 6.07) is 0. The fourth-order valence-corrected chi connectivity index (χ4v) is 0. The molecule has 0 saturated heterocycles. The zero-order valence-corrected chi connectivity index (χ0v) is 8.26. The summed E-state index contributed by atoms with van der Waals surface area (Å²) < 4.78 is 0. The third-order valence-electron chi connectivity index (χ3n) is 0. The van der Waals surface area contributed by atoms with E-state index in [0.29, 0.717) is 0 Å². The number of carboxylic acid groups (broad SMARTS) is 4. The van der Waals surface area contributed by atoms with Crippen molar-refractivity contribution in [3.63, 3.8) is 0 Å². The maximum absolute atomic E-state index is 8.33. The molecule has 0 aliphatic carbocycles. The Labute approximate surface area is 103 Å². The van der Waals surface area contributed by atoms with Gasteiger partial charge in [0.05, 0.1) is 0 Å². The van der Waals surface area contributed by atoms with Crippen molar-refractivity contribution in [2.75, 3.05) is 0 Å². The van der Waals surface area contributed by atoms with Crippen LogP contribution in [0.1, 0.15) is 0 Å². The predicted octanol–water partition coefficient (Wildman–Crippen LogP) is -5.26. The van der Waals surface area contributed by atoms with Crippen LogP contribution in [0.3, 0.4) is 0 Å². The second-order valence-corrected chi connectivity index (χ2v) is 0.500. The molecule has 88 valence electrons. The van der Waals surface area contributed by atoms with Crippen molar-refractivity contribution in [1.82, 2.24) is 0 Å². The first kappa shape index (κ1) is 52.3. The van der Waals surface area contributed by atoms with E-state index >= 15 is 0 Å². The van der Waals surface area contributed by atoms with E-state index in [2.05, 4.69) is 0 Å². The van der Waals surface area contributed by atoms with Gasteiger partial charge in [-0.05, 0) is 12.3 Å². The molecule has 0 aromatic rings. The minimum Gasteiger partial charge on any atom is -0.870 e. The number of rotatable bonds is 0. The monoisotopic (exact) mass is 328 g/mol. The van der Waals surface area contributed by atoms with Gasteiger partial charge >= 0.3 is 49.5 Å². The van der Waals surface area contributed by atoms with Crippen LogP contribution in [0.2, 0.25) is 0 Å². The van der Waals surface area contributed by atoms with E-state index in [1.807, 2.05) is 0 Å². The normalized spacial score (nSPS) is 3.69. The van der Waals surface area contributed by atoms with Crippen molar-refractivity contribution in [1.29, 1.82) is 0 Å². The van der Waals surface area contributed by atoms with Gasteiger partial charge in [-0.3, -0.25) is 0 Å². The molecule has 0 heterocycles. The molecule has 0 atom stereocenters. The van der Waals surface area contributed by atoms with Crippen LogP contribution in [0, 0.1) is 0 Å². The topological polar surface area (TPSA) is 186 Å². The summed E-state index contributed by atoms with van der Waals surface area (Å²) in [5.74, 6) is 0. The van der Waals surface area contributed by atoms with Crippen LogP contribution < -0.4 is 20.4 Å². The van der Waals surface area contributed by atoms with Gasteiger partial charge in [0.2, 0.25) is 0 Å². The van der Waals surface area contributed by atoms with Gasteiger partial charge in [-0.25, -0.2) is 0 Å². The Morgan fingerprint density at radius 3 is 0.615 bits per heavy atom. The van der Waals surface area contributed by atoms with Gasteiger partial charge in [0, 0.05) is 0 Å². The molecule has 11 heteroatoms. The summed E-state index contributed by atoms with van der Waals surface area (Å²) in [6.45, 7) is 0. The van der Waals surface area contributed by atoms with Crippen molar-refractivity contribution in [2.45, 2.75) is 0 Å². The third-order valence-corrected chi connectivity index (χ3v) is 0. The molecule has 0 aliphatic heterocycles. The molecule has 0 aliphatic rings. The fraction of sp³-hybridized carbons (Fsp3) is 0. The van der Waals surface area contributed by atoms with Crippen LogP contribution in [0.4, 0.5) is 9.59 Å². The second-order valence-electron chi connectivity index (χ2n) is 0.500. The fourth-order valence-electron chi connectivity index (χ4n) is 0. The number of carbonyl (C=O) groups excluding carboxylic acids is 2. The first-order valence-electron chi connectivity index (χ1n) is 1.22. The average Bonchev–Trinajstić information content (AvgIpc) is 1.25. The molecule has 0 unspecified atom stereocenters. The zero-order chi connectivity index (χ0) is 7.15. The zero-order valence-electron chi connectivity index (χ0n) is 5.29. The Balaban J connectivity index is -0.00000000800. The molecule has 0 aromatic carbocycles. The average molecular weight is 330 g/mol. The van der Waals surface area contributed by atoms with E-state index in [4.69, 9.17) is 30.0 Å². The Hall–Kier alpha value is -0.0595. The molecule has 2 N–H and O–H groups in total. The van der Waals surface area contributed by atoms with Gasteiger partial charge in [0.15, 0.2) is 0 Å². The molecular weight excluding hydrogens is 328 g/mol. The molecule has 0 bridgehead atoms. The van der Waals surface area contributed by atoms with Crippen LogP contribution in [0.5, 0.6) is 0 Å². The SMILES string of the molecule is O=C([O-])[O-].O=C([O-])[O-].[Ni+2].[Ni+2].[Ni+2].[OH-].[OH-]. The molecule has 8 nitrogen and oxygen atoms in total. The smallest absolute Gasteiger partial charge is 0.870 e. The Morgan fingerprint density at radius 2 is 0.615 bits per heavy atom. The summed E-state index contributed by atoms with van der Waals surface area (Å²) in [4.78, 5) is 16.7. The van der Waals surface area contributed by atoms with E-state index in [1.165, 1.54) is 0 Å². The van der Waals surface area contributed by atoms with Gasteiger partial charge in [-0.1, -0.05) is 0 Å². The van der Waals surface area contributed by atoms with Gasteiger partial charge in [0.25, 0.3) is 0 Å². The first-order valence-corrected chi connectivity index (χ1v) is 1.22. The Bertz CT molecular complexity index is 75.4. The molecule has 0 aromatic heterocycles.